The molecular formula is C36H56O. The topological polar surface area (TPSA) is 12.5 Å². The summed E-state index contributed by atoms with van der Waals surface area (Å²) >= 11 is 0. The van der Waals surface area contributed by atoms with Crippen molar-refractivity contribution in [2.24, 2.45) is 0 Å². The van der Waals surface area contributed by atoms with E-state index in [0.717, 1.165) is 5.75 Å². The first-order valence-corrected chi connectivity index (χ1v) is 16.3. The largest absolute Gasteiger partial charge is 0.449 e. The fourth-order valence-electron chi connectivity index (χ4n) is 5.91. The second-order valence-corrected chi connectivity index (χ2v) is 11.5. The predicted octanol–water partition coefficient (Wildman–Crippen LogP) is 12.4. The zero-order chi connectivity index (χ0) is 26.0. The number of benzene rings is 2. The Labute approximate surface area is 229 Å². The van der Waals surface area contributed by atoms with E-state index in [0.29, 0.717) is 0 Å². The summed E-state index contributed by atoms with van der Waals surface area (Å²) in [6, 6.07) is 13.3. The highest BCUT2D eigenvalue weighted by Gasteiger charge is 2.29. The van der Waals surface area contributed by atoms with Crippen LogP contribution in [0.1, 0.15) is 153 Å². The van der Waals surface area contributed by atoms with E-state index in [1.165, 1.54) is 164 Å². The summed E-state index contributed by atoms with van der Waals surface area (Å²) in [5.41, 5.74) is 5.90. The maximum Gasteiger partial charge on any atom is 0.173 e. The van der Waals surface area contributed by atoms with E-state index < -0.39 is 0 Å². The van der Waals surface area contributed by atoms with Gasteiger partial charge >= 0.3 is 0 Å². The number of rotatable bonds is 23. The molecule has 0 aliphatic carbocycles. The van der Waals surface area contributed by atoms with Gasteiger partial charge in [0.1, 0.15) is 0 Å². The number of fused-ring (bicyclic) bond motifs is 1. The SMILES string of the molecule is CCCCCCCCCCCCc1c(-c2ccccc2)cc2c(c1CCCCCCCCCCCC)O2. The van der Waals surface area contributed by atoms with E-state index in [9.17, 15) is 0 Å². The molecule has 0 bridgehead atoms. The highest BCUT2D eigenvalue weighted by atomic mass is 16.6. The quantitative estimate of drug-likeness (QED) is 0.0923. The summed E-state index contributed by atoms with van der Waals surface area (Å²) < 4.78 is 6.01. The van der Waals surface area contributed by atoms with Crippen LogP contribution in [0.2, 0.25) is 0 Å². The van der Waals surface area contributed by atoms with Gasteiger partial charge in [-0.05, 0) is 48.4 Å². The van der Waals surface area contributed by atoms with Crippen molar-refractivity contribution in [2.45, 2.75) is 155 Å². The molecule has 1 aliphatic rings. The van der Waals surface area contributed by atoms with Crippen LogP contribution in [0.4, 0.5) is 0 Å². The maximum absolute atomic E-state index is 6.01. The molecule has 0 saturated carbocycles. The molecule has 1 aliphatic heterocycles. The van der Waals surface area contributed by atoms with Gasteiger partial charge < -0.3 is 4.74 Å². The molecule has 1 heteroatoms. The molecule has 0 aromatic heterocycles. The van der Waals surface area contributed by atoms with Gasteiger partial charge in [-0.25, -0.2) is 0 Å². The summed E-state index contributed by atoms with van der Waals surface area (Å²) in [6.45, 7) is 4.60. The molecule has 1 nitrogen and oxygen atoms in total. The van der Waals surface area contributed by atoms with Crippen molar-refractivity contribution in [3.63, 3.8) is 0 Å². The van der Waals surface area contributed by atoms with Crippen LogP contribution < -0.4 is 4.74 Å². The van der Waals surface area contributed by atoms with Crippen molar-refractivity contribution in [1.82, 2.24) is 0 Å². The monoisotopic (exact) mass is 504 g/mol. The lowest BCUT2D eigenvalue weighted by Gasteiger charge is -2.14. The molecule has 37 heavy (non-hydrogen) atoms. The molecular weight excluding hydrogens is 448 g/mol. The first kappa shape index (κ1) is 29.8. The Morgan fingerprint density at radius 1 is 0.486 bits per heavy atom. The molecule has 0 unspecified atom stereocenters. The Bertz CT molecular complexity index is 853. The molecule has 0 radical (unpaired) electrons. The summed E-state index contributed by atoms with van der Waals surface area (Å²) in [6.07, 6.45) is 30.3. The lowest BCUT2D eigenvalue weighted by molar-refractivity contribution is 0.552. The van der Waals surface area contributed by atoms with Crippen LogP contribution in [0, 0.1) is 0 Å². The minimum Gasteiger partial charge on any atom is -0.449 e. The summed E-state index contributed by atoms with van der Waals surface area (Å²) in [5, 5.41) is 0. The van der Waals surface area contributed by atoms with E-state index in [-0.39, 0.29) is 0 Å². The van der Waals surface area contributed by atoms with Crippen molar-refractivity contribution in [2.75, 3.05) is 0 Å². The molecule has 1 heterocycles. The zero-order valence-electron chi connectivity index (χ0n) is 24.4. The van der Waals surface area contributed by atoms with Gasteiger partial charge in [0, 0.05) is 5.56 Å². The summed E-state index contributed by atoms with van der Waals surface area (Å²) in [7, 11) is 0. The third-order valence-corrected chi connectivity index (χ3v) is 8.28. The van der Waals surface area contributed by atoms with Gasteiger partial charge in [-0.15, -0.1) is 0 Å². The Kier molecular flexibility index (Phi) is 14.9. The zero-order valence-corrected chi connectivity index (χ0v) is 24.4. The van der Waals surface area contributed by atoms with Crippen LogP contribution in [-0.2, 0) is 12.8 Å². The van der Waals surface area contributed by atoms with E-state index in [2.05, 4.69) is 50.2 Å². The molecule has 2 aromatic carbocycles. The van der Waals surface area contributed by atoms with Gasteiger partial charge in [-0.2, -0.15) is 0 Å². The second-order valence-electron chi connectivity index (χ2n) is 11.5. The number of hydrogen-bond donors (Lipinski definition) is 0. The molecule has 0 saturated heterocycles. The molecule has 206 valence electrons. The van der Waals surface area contributed by atoms with Crippen LogP contribution in [0.25, 0.3) is 11.1 Å². The van der Waals surface area contributed by atoms with Gasteiger partial charge in [0.05, 0.1) is 0 Å². The maximum atomic E-state index is 6.01. The van der Waals surface area contributed by atoms with Gasteiger partial charge in [0.15, 0.2) is 11.5 Å². The lowest BCUT2D eigenvalue weighted by Crippen LogP contribution is -1.98. The lowest BCUT2D eigenvalue weighted by atomic mass is 9.89. The average Bonchev–Trinajstić information content (AvgIpc) is 3.71. The van der Waals surface area contributed by atoms with E-state index in [1.54, 1.807) is 5.56 Å². The Balaban J connectivity index is 1.46. The Morgan fingerprint density at radius 3 is 1.41 bits per heavy atom. The third-order valence-electron chi connectivity index (χ3n) is 8.28. The van der Waals surface area contributed by atoms with Crippen molar-refractivity contribution in [1.29, 1.82) is 0 Å². The molecule has 2 aromatic rings. The third kappa shape index (κ3) is 11.3. The number of ether oxygens (including phenoxy) is 1. The fourth-order valence-corrected chi connectivity index (χ4v) is 5.91. The van der Waals surface area contributed by atoms with Crippen LogP contribution >= 0.6 is 0 Å². The smallest absolute Gasteiger partial charge is 0.173 e. The van der Waals surface area contributed by atoms with E-state index in [1.807, 2.05) is 0 Å². The molecule has 0 fully saturated rings. The van der Waals surface area contributed by atoms with Gasteiger partial charge in [0.25, 0.3) is 0 Å². The highest BCUT2D eigenvalue weighted by Crippen LogP contribution is 2.53. The van der Waals surface area contributed by atoms with Crippen molar-refractivity contribution in [3.05, 3.63) is 47.5 Å². The summed E-state index contributed by atoms with van der Waals surface area (Å²) in [4.78, 5) is 0. The molecule has 0 atom stereocenters. The minimum atomic E-state index is 1.13. The van der Waals surface area contributed by atoms with Crippen LogP contribution in [0.15, 0.2) is 36.4 Å². The predicted molar refractivity (Wildman–Crippen MR) is 163 cm³/mol. The molecule has 0 N–H and O–H groups in total. The Hall–Kier alpha value is -1.76. The van der Waals surface area contributed by atoms with E-state index >= 15 is 0 Å². The van der Waals surface area contributed by atoms with Crippen LogP contribution in [0.5, 0.6) is 11.5 Å². The minimum absolute atomic E-state index is 1.13. The standard InChI is InChI=1S/C36H56O/c1-3-5-7-9-11-13-15-17-19-24-28-32-33(29-25-20-18-16-14-12-10-8-6-4-2)36-35(37-36)30-34(32)31-26-22-21-23-27-31/h21-23,26-27,30H,3-20,24-25,28-29H2,1-2H3. The number of unbranched alkanes of at least 4 members (excludes halogenated alkanes) is 18. The van der Waals surface area contributed by atoms with Crippen molar-refractivity contribution < 1.29 is 4.74 Å². The second kappa shape index (κ2) is 18.5. The first-order valence-electron chi connectivity index (χ1n) is 16.3. The molecule has 0 spiro atoms. The molecule has 0 amide bonds. The van der Waals surface area contributed by atoms with Crippen molar-refractivity contribution >= 4 is 0 Å². The average molecular weight is 505 g/mol. The number of hydrogen-bond acceptors (Lipinski definition) is 1. The van der Waals surface area contributed by atoms with Crippen LogP contribution in [0.3, 0.4) is 0 Å². The normalized spacial score (nSPS) is 11.9. The van der Waals surface area contributed by atoms with Crippen molar-refractivity contribution in [3.8, 4) is 22.6 Å². The first-order chi connectivity index (χ1) is 18.3. The van der Waals surface area contributed by atoms with E-state index in [4.69, 9.17) is 4.74 Å². The van der Waals surface area contributed by atoms with Gasteiger partial charge in [0.2, 0.25) is 0 Å². The Morgan fingerprint density at radius 2 is 0.919 bits per heavy atom. The van der Waals surface area contributed by atoms with Gasteiger partial charge in [-0.3, -0.25) is 0 Å². The fraction of sp³-hybridized carbons (Fsp3) is 0.667. The molecule has 3 rings (SSSR count). The van der Waals surface area contributed by atoms with Crippen LogP contribution in [-0.4, -0.2) is 0 Å². The summed E-state index contributed by atoms with van der Waals surface area (Å²) in [5.74, 6) is 2.35. The van der Waals surface area contributed by atoms with Gasteiger partial charge in [-0.1, -0.05) is 160 Å². The highest BCUT2D eigenvalue weighted by molar-refractivity contribution is 5.77.